The van der Waals surface area contributed by atoms with Gasteiger partial charge in [0.25, 0.3) is 0 Å². The summed E-state index contributed by atoms with van der Waals surface area (Å²) in [6.07, 6.45) is 7.18. The van der Waals surface area contributed by atoms with Gasteiger partial charge in [0.2, 0.25) is 0 Å². The van der Waals surface area contributed by atoms with Crippen molar-refractivity contribution in [2.45, 2.75) is 51.9 Å². The molecule has 0 N–H and O–H groups in total. The fourth-order valence-corrected chi connectivity index (χ4v) is 3.75. The van der Waals surface area contributed by atoms with Gasteiger partial charge in [0, 0.05) is 5.56 Å². The molecule has 1 aliphatic carbocycles. The Morgan fingerprint density at radius 2 is 1.68 bits per heavy atom. The van der Waals surface area contributed by atoms with E-state index < -0.39 is 23.3 Å². The molecule has 0 amide bonds. The van der Waals surface area contributed by atoms with Crippen LogP contribution in [0.4, 0.5) is 17.6 Å². The largest absolute Gasteiger partial charge is 0.206 e. The molecule has 0 bridgehead atoms. The lowest BCUT2D eigenvalue weighted by Crippen LogP contribution is -2.16. The van der Waals surface area contributed by atoms with E-state index in [9.17, 15) is 17.6 Å². The minimum absolute atomic E-state index is 0.0294. The summed E-state index contributed by atoms with van der Waals surface area (Å²) in [5.74, 6) is -4.00. The molecule has 2 aromatic carbocycles. The molecule has 0 aromatic heterocycles. The van der Waals surface area contributed by atoms with Crippen LogP contribution in [0.25, 0.3) is 11.1 Å². The highest BCUT2D eigenvalue weighted by atomic mass is 19.2. The van der Waals surface area contributed by atoms with Gasteiger partial charge in [0.05, 0.1) is 0 Å². The highest BCUT2D eigenvalue weighted by molar-refractivity contribution is 5.66. The van der Waals surface area contributed by atoms with E-state index in [2.05, 4.69) is 6.92 Å². The molecular weight excluding hydrogens is 328 g/mol. The Morgan fingerprint density at radius 3 is 2.36 bits per heavy atom. The van der Waals surface area contributed by atoms with E-state index >= 15 is 0 Å². The Balaban J connectivity index is 1.87. The van der Waals surface area contributed by atoms with Crippen LogP contribution in [0.3, 0.4) is 0 Å². The van der Waals surface area contributed by atoms with Gasteiger partial charge in [0.15, 0.2) is 17.5 Å². The van der Waals surface area contributed by atoms with Crippen LogP contribution < -0.4 is 0 Å². The molecule has 134 valence electrons. The SMILES string of the molecule is CCCCCC1CCc2c(ccc(-c3cc(F)c(F)c(F)c3)c2F)C1. The number of hydrogen-bond donors (Lipinski definition) is 0. The van der Waals surface area contributed by atoms with Gasteiger partial charge >= 0.3 is 0 Å². The smallest absolute Gasteiger partial charge is 0.194 e. The van der Waals surface area contributed by atoms with Gasteiger partial charge in [-0.15, -0.1) is 0 Å². The number of benzene rings is 2. The van der Waals surface area contributed by atoms with Crippen LogP contribution in [0.5, 0.6) is 0 Å². The van der Waals surface area contributed by atoms with Crippen molar-refractivity contribution in [3.8, 4) is 11.1 Å². The van der Waals surface area contributed by atoms with Crippen molar-refractivity contribution < 1.29 is 17.6 Å². The third-order valence-corrected chi connectivity index (χ3v) is 5.16. The molecule has 1 atom stereocenters. The number of rotatable bonds is 5. The van der Waals surface area contributed by atoms with Gasteiger partial charge in [-0.1, -0.05) is 44.7 Å². The van der Waals surface area contributed by atoms with Crippen molar-refractivity contribution in [1.82, 2.24) is 0 Å². The van der Waals surface area contributed by atoms with Crippen LogP contribution in [-0.4, -0.2) is 0 Å². The average molecular weight is 350 g/mol. The summed E-state index contributed by atoms with van der Waals surface area (Å²) < 4.78 is 54.9. The van der Waals surface area contributed by atoms with E-state index in [0.29, 0.717) is 17.9 Å². The first-order chi connectivity index (χ1) is 12.0. The molecule has 0 nitrogen and oxygen atoms in total. The van der Waals surface area contributed by atoms with E-state index in [1.54, 1.807) is 6.07 Å². The molecule has 0 saturated carbocycles. The number of fused-ring (bicyclic) bond motifs is 1. The normalized spacial score (nSPS) is 16.8. The molecule has 0 radical (unpaired) electrons. The lowest BCUT2D eigenvalue weighted by atomic mass is 9.80. The zero-order valence-corrected chi connectivity index (χ0v) is 14.3. The maximum atomic E-state index is 14.9. The Bertz CT molecular complexity index is 744. The molecular formula is C21H22F4. The van der Waals surface area contributed by atoms with E-state index in [4.69, 9.17) is 0 Å². The molecule has 0 spiro atoms. The summed E-state index contributed by atoms with van der Waals surface area (Å²) in [6, 6.07) is 5.09. The minimum Gasteiger partial charge on any atom is -0.206 e. The Hall–Kier alpha value is -1.84. The summed E-state index contributed by atoms with van der Waals surface area (Å²) in [5.41, 5.74) is 1.77. The van der Waals surface area contributed by atoms with Crippen molar-refractivity contribution in [2.24, 2.45) is 5.92 Å². The molecule has 0 saturated heterocycles. The average Bonchev–Trinajstić information content (AvgIpc) is 2.60. The van der Waals surface area contributed by atoms with Crippen LogP contribution in [-0.2, 0) is 12.8 Å². The standard InChI is InChI=1S/C21H22F4/c1-2-3-4-5-13-6-8-16-14(10-13)7-9-17(20(16)24)15-11-18(22)21(25)19(23)12-15/h7,9,11-13H,2-6,8,10H2,1H3. The summed E-state index contributed by atoms with van der Waals surface area (Å²) in [4.78, 5) is 0. The van der Waals surface area contributed by atoms with Crippen molar-refractivity contribution in [2.75, 3.05) is 0 Å². The second-order valence-electron chi connectivity index (χ2n) is 6.92. The quantitative estimate of drug-likeness (QED) is 0.324. The lowest BCUT2D eigenvalue weighted by Gasteiger charge is -2.26. The van der Waals surface area contributed by atoms with Crippen LogP contribution in [0.1, 0.15) is 50.2 Å². The number of halogens is 4. The highest BCUT2D eigenvalue weighted by Gasteiger charge is 2.23. The summed E-state index contributed by atoms with van der Waals surface area (Å²) >= 11 is 0. The van der Waals surface area contributed by atoms with E-state index in [1.807, 2.05) is 6.07 Å². The molecule has 1 unspecified atom stereocenters. The molecule has 3 rings (SSSR count). The molecule has 0 fully saturated rings. The topological polar surface area (TPSA) is 0 Å². The van der Waals surface area contributed by atoms with Crippen LogP contribution in [0.15, 0.2) is 24.3 Å². The summed E-state index contributed by atoms with van der Waals surface area (Å²) in [6.45, 7) is 2.17. The van der Waals surface area contributed by atoms with Crippen molar-refractivity contribution in [1.29, 1.82) is 0 Å². The van der Waals surface area contributed by atoms with Crippen LogP contribution >= 0.6 is 0 Å². The predicted octanol–water partition coefficient (Wildman–Crippen LogP) is 6.60. The lowest BCUT2D eigenvalue weighted by molar-refractivity contribution is 0.401. The molecule has 2 aromatic rings. The minimum atomic E-state index is -1.53. The number of unbranched alkanes of at least 4 members (excludes halogenated alkanes) is 2. The first kappa shape index (κ1) is 18.0. The second-order valence-corrected chi connectivity index (χ2v) is 6.92. The van der Waals surface area contributed by atoms with Gasteiger partial charge in [-0.2, -0.15) is 0 Å². The summed E-state index contributed by atoms with van der Waals surface area (Å²) in [5, 5.41) is 0. The van der Waals surface area contributed by atoms with Gasteiger partial charge in [0.1, 0.15) is 5.82 Å². The van der Waals surface area contributed by atoms with Crippen LogP contribution in [0.2, 0.25) is 0 Å². The maximum absolute atomic E-state index is 14.9. The third-order valence-electron chi connectivity index (χ3n) is 5.16. The monoisotopic (exact) mass is 350 g/mol. The predicted molar refractivity (Wildman–Crippen MR) is 91.4 cm³/mol. The first-order valence-electron chi connectivity index (χ1n) is 8.96. The second kappa shape index (κ2) is 7.59. The number of hydrogen-bond acceptors (Lipinski definition) is 0. The zero-order chi connectivity index (χ0) is 18.0. The highest BCUT2D eigenvalue weighted by Crippen LogP contribution is 2.35. The van der Waals surface area contributed by atoms with Crippen molar-refractivity contribution in [3.63, 3.8) is 0 Å². The molecule has 1 aliphatic rings. The Kier molecular flexibility index (Phi) is 5.45. The van der Waals surface area contributed by atoms with Gasteiger partial charge in [-0.25, -0.2) is 17.6 Å². The molecule has 4 heteroatoms. The fourth-order valence-electron chi connectivity index (χ4n) is 3.75. The van der Waals surface area contributed by atoms with Crippen molar-refractivity contribution in [3.05, 3.63) is 58.7 Å². The Labute approximate surface area is 145 Å². The van der Waals surface area contributed by atoms with E-state index in [1.165, 1.54) is 19.3 Å². The van der Waals surface area contributed by atoms with E-state index in [0.717, 1.165) is 37.0 Å². The van der Waals surface area contributed by atoms with Gasteiger partial charge < -0.3 is 0 Å². The van der Waals surface area contributed by atoms with Gasteiger partial charge in [-0.05, 0) is 54.0 Å². The molecule has 25 heavy (non-hydrogen) atoms. The third kappa shape index (κ3) is 3.73. The molecule has 0 aliphatic heterocycles. The van der Waals surface area contributed by atoms with Gasteiger partial charge in [-0.3, -0.25) is 0 Å². The Morgan fingerprint density at radius 1 is 0.960 bits per heavy atom. The van der Waals surface area contributed by atoms with Crippen molar-refractivity contribution >= 4 is 0 Å². The maximum Gasteiger partial charge on any atom is 0.194 e. The zero-order valence-electron chi connectivity index (χ0n) is 14.3. The van der Waals surface area contributed by atoms with Crippen LogP contribution in [0, 0.1) is 29.2 Å². The summed E-state index contributed by atoms with van der Waals surface area (Å²) in [7, 11) is 0. The first-order valence-corrected chi connectivity index (χ1v) is 8.96. The van der Waals surface area contributed by atoms with E-state index in [-0.39, 0.29) is 11.1 Å². The fraction of sp³-hybridized carbons (Fsp3) is 0.429. The molecule has 0 heterocycles.